The van der Waals surface area contributed by atoms with Crippen LogP contribution in [0, 0.1) is 0 Å². The Morgan fingerprint density at radius 1 is 1.38 bits per heavy atom. The van der Waals surface area contributed by atoms with Crippen molar-refractivity contribution < 1.29 is 4.52 Å². The van der Waals surface area contributed by atoms with E-state index in [0.29, 0.717) is 0 Å². The molecule has 3 nitrogen and oxygen atoms in total. The summed E-state index contributed by atoms with van der Waals surface area (Å²) >= 11 is 1.67. The van der Waals surface area contributed by atoms with Gasteiger partial charge in [-0.15, -0.1) is 11.3 Å². The first kappa shape index (κ1) is 11.4. The molecule has 4 heteroatoms. The molecule has 2 rings (SSSR count). The van der Waals surface area contributed by atoms with Gasteiger partial charge < -0.3 is 4.52 Å². The zero-order valence-corrected chi connectivity index (χ0v) is 10.5. The fourth-order valence-corrected chi connectivity index (χ4v) is 2.27. The van der Waals surface area contributed by atoms with Crippen LogP contribution in [0.5, 0.6) is 0 Å². The maximum atomic E-state index is 5.33. The lowest BCUT2D eigenvalue weighted by molar-refractivity contribution is 0.284. The monoisotopic (exact) mass is 236 g/mol. The van der Waals surface area contributed by atoms with E-state index in [0.717, 1.165) is 36.0 Å². The van der Waals surface area contributed by atoms with E-state index in [9.17, 15) is 0 Å². The summed E-state index contributed by atoms with van der Waals surface area (Å²) < 4.78 is 5.33. The highest BCUT2D eigenvalue weighted by atomic mass is 32.1. The first-order valence-electron chi connectivity index (χ1n) is 5.55. The second kappa shape index (κ2) is 5.27. The van der Waals surface area contributed by atoms with Crippen LogP contribution in [0.1, 0.15) is 19.5 Å². The number of rotatable bonds is 5. The Morgan fingerprint density at radius 2 is 2.19 bits per heavy atom. The molecule has 0 saturated heterocycles. The van der Waals surface area contributed by atoms with Crippen LogP contribution in [-0.2, 0) is 6.54 Å². The van der Waals surface area contributed by atoms with Crippen LogP contribution in [0.4, 0.5) is 0 Å². The van der Waals surface area contributed by atoms with Gasteiger partial charge in [0.25, 0.3) is 0 Å². The van der Waals surface area contributed by atoms with Crippen LogP contribution in [0.3, 0.4) is 0 Å². The highest BCUT2D eigenvalue weighted by molar-refractivity contribution is 7.13. The molecular weight excluding hydrogens is 220 g/mol. The third-order valence-electron chi connectivity index (χ3n) is 2.60. The molecule has 16 heavy (non-hydrogen) atoms. The summed E-state index contributed by atoms with van der Waals surface area (Å²) in [6.45, 7) is 7.25. The molecule has 2 heterocycles. The quantitative estimate of drug-likeness (QED) is 0.798. The van der Waals surface area contributed by atoms with Gasteiger partial charge in [0, 0.05) is 12.6 Å². The number of aromatic nitrogens is 1. The fourth-order valence-electron chi connectivity index (χ4n) is 1.60. The third kappa shape index (κ3) is 2.51. The highest BCUT2D eigenvalue weighted by Gasteiger charge is 2.09. The minimum Gasteiger partial charge on any atom is -0.355 e. The van der Waals surface area contributed by atoms with Crippen LogP contribution < -0.4 is 0 Å². The molecule has 2 aromatic rings. The average Bonchev–Trinajstić information content (AvgIpc) is 2.96. The Hall–Kier alpha value is -1.13. The van der Waals surface area contributed by atoms with Crippen molar-refractivity contribution in [3.8, 4) is 10.6 Å². The largest absolute Gasteiger partial charge is 0.355 e. The Kier molecular flexibility index (Phi) is 3.74. The van der Waals surface area contributed by atoms with Gasteiger partial charge in [-0.3, -0.25) is 4.90 Å². The molecule has 0 N–H and O–H groups in total. The molecule has 0 fully saturated rings. The molecule has 0 spiro atoms. The van der Waals surface area contributed by atoms with E-state index in [2.05, 4.69) is 23.9 Å². The summed E-state index contributed by atoms with van der Waals surface area (Å²) in [4.78, 5) is 3.45. The highest BCUT2D eigenvalue weighted by Crippen LogP contribution is 2.25. The number of hydrogen-bond acceptors (Lipinski definition) is 4. The van der Waals surface area contributed by atoms with Gasteiger partial charge in [-0.25, -0.2) is 0 Å². The fraction of sp³-hybridized carbons (Fsp3) is 0.417. The Morgan fingerprint density at radius 3 is 2.81 bits per heavy atom. The van der Waals surface area contributed by atoms with E-state index in [1.54, 1.807) is 11.3 Å². The van der Waals surface area contributed by atoms with Crippen molar-refractivity contribution in [1.29, 1.82) is 0 Å². The van der Waals surface area contributed by atoms with Crippen LogP contribution >= 0.6 is 11.3 Å². The zero-order chi connectivity index (χ0) is 11.4. The zero-order valence-electron chi connectivity index (χ0n) is 9.64. The molecular formula is C12H16N2OS. The van der Waals surface area contributed by atoms with E-state index in [-0.39, 0.29) is 0 Å². The van der Waals surface area contributed by atoms with Crippen molar-refractivity contribution >= 4 is 11.3 Å². The average molecular weight is 236 g/mol. The van der Waals surface area contributed by atoms with Gasteiger partial charge in [-0.1, -0.05) is 25.1 Å². The molecule has 0 aliphatic carbocycles. The smallest absolute Gasteiger partial charge is 0.177 e. The van der Waals surface area contributed by atoms with Gasteiger partial charge in [0.05, 0.1) is 10.6 Å². The van der Waals surface area contributed by atoms with Crippen molar-refractivity contribution in [2.24, 2.45) is 0 Å². The molecule has 0 bridgehead atoms. The molecule has 0 atom stereocenters. The van der Waals surface area contributed by atoms with E-state index < -0.39 is 0 Å². The predicted molar refractivity (Wildman–Crippen MR) is 66.4 cm³/mol. The van der Waals surface area contributed by atoms with Gasteiger partial charge >= 0.3 is 0 Å². The number of hydrogen-bond donors (Lipinski definition) is 0. The Labute approximate surface area is 99.7 Å². The van der Waals surface area contributed by atoms with Gasteiger partial charge in [-0.2, -0.15) is 0 Å². The SMILES string of the molecule is CCN(CC)Cc1cc(-c2cccs2)on1. The summed E-state index contributed by atoms with van der Waals surface area (Å²) in [6, 6.07) is 6.10. The lowest BCUT2D eigenvalue weighted by Gasteiger charge is -2.15. The first-order valence-corrected chi connectivity index (χ1v) is 6.43. The maximum absolute atomic E-state index is 5.33. The summed E-state index contributed by atoms with van der Waals surface area (Å²) in [6.07, 6.45) is 0. The number of thiophene rings is 1. The Balaban J connectivity index is 2.08. The van der Waals surface area contributed by atoms with Crippen LogP contribution in [-0.4, -0.2) is 23.1 Å². The minimum absolute atomic E-state index is 0.863. The molecule has 86 valence electrons. The summed E-state index contributed by atoms with van der Waals surface area (Å²) in [5.41, 5.74) is 1.01. The molecule has 0 amide bonds. The van der Waals surface area contributed by atoms with Crippen molar-refractivity contribution in [3.05, 3.63) is 29.3 Å². The molecule has 0 aromatic carbocycles. The second-order valence-corrected chi connectivity index (χ2v) is 4.57. The van der Waals surface area contributed by atoms with Crippen molar-refractivity contribution in [2.75, 3.05) is 13.1 Å². The van der Waals surface area contributed by atoms with Crippen molar-refractivity contribution in [2.45, 2.75) is 20.4 Å². The van der Waals surface area contributed by atoms with Gasteiger partial charge in [-0.05, 0) is 24.5 Å². The molecule has 0 saturated carbocycles. The van der Waals surface area contributed by atoms with Crippen LogP contribution in [0.15, 0.2) is 28.1 Å². The predicted octanol–water partition coefficient (Wildman–Crippen LogP) is 3.24. The molecule has 0 unspecified atom stereocenters. The molecule has 2 aromatic heterocycles. The molecule has 0 aliphatic rings. The van der Waals surface area contributed by atoms with Gasteiger partial charge in [0.2, 0.25) is 0 Å². The van der Waals surface area contributed by atoms with Crippen molar-refractivity contribution in [1.82, 2.24) is 10.1 Å². The van der Waals surface area contributed by atoms with E-state index in [1.807, 2.05) is 23.6 Å². The molecule has 0 aliphatic heterocycles. The first-order chi connectivity index (χ1) is 7.83. The van der Waals surface area contributed by atoms with E-state index in [1.165, 1.54) is 0 Å². The van der Waals surface area contributed by atoms with Crippen molar-refractivity contribution in [3.63, 3.8) is 0 Å². The lowest BCUT2D eigenvalue weighted by atomic mass is 10.3. The summed E-state index contributed by atoms with van der Waals surface area (Å²) in [5.74, 6) is 0.872. The van der Waals surface area contributed by atoms with E-state index in [4.69, 9.17) is 4.52 Å². The lowest BCUT2D eigenvalue weighted by Crippen LogP contribution is -2.22. The van der Waals surface area contributed by atoms with E-state index >= 15 is 0 Å². The third-order valence-corrected chi connectivity index (χ3v) is 3.49. The standard InChI is InChI=1S/C12H16N2OS/c1-3-14(4-2)9-10-8-11(15-13-10)12-6-5-7-16-12/h5-8H,3-4,9H2,1-2H3. The number of nitrogens with zero attached hydrogens (tertiary/aromatic N) is 2. The summed E-state index contributed by atoms with van der Waals surface area (Å²) in [5, 5.41) is 6.14. The topological polar surface area (TPSA) is 29.3 Å². The van der Waals surface area contributed by atoms with Crippen LogP contribution in [0.2, 0.25) is 0 Å². The molecule has 0 radical (unpaired) electrons. The van der Waals surface area contributed by atoms with Crippen LogP contribution in [0.25, 0.3) is 10.6 Å². The Bertz CT molecular complexity index is 418. The maximum Gasteiger partial charge on any atom is 0.177 e. The van der Waals surface area contributed by atoms with Gasteiger partial charge in [0.15, 0.2) is 5.76 Å². The van der Waals surface area contributed by atoms with Gasteiger partial charge in [0.1, 0.15) is 0 Å². The summed E-state index contributed by atoms with van der Waals surface area (Å²) in [7, 11) is 0. The minimum atomic E-state index is 0.863. The second-order valence-electron chi connectivity index (χ2n) is 3.62. The normalized spacial score (nSPS) is 11.2.